The van der Waals surface area contributed by atoms with Crippen LogP contribution in [0.25, 0.3) is 11.3 Å². The van der Waals surface area contributed by atoms with Crippen LogP contribution in [-0.2, 0) is 20.9 Å². The van der Waals surface area contributed by atoms with E-state index in [1.165, 1.54) is 6.42 Å². The number of rotatable bonds is 7. The zero-order valence-corrected chi connectivity index (χ0v) is 21.1. The molecule has 0 aliphatic carbocycles. The molecule has 2 aromatic heterocycles. The van der Waals surface area contributed by atoms with Gasteiger partial charge in [-0.25, -0.2) is 15.0 Å². The van der Waals surface area contributed by atoms with Crippen molar-refractivity contribution < 1.29 is 17.3 Å². The van der Waals surface area contributed by atoms with Crippen LogP contribution in [0, 0.1) is 5.92 Å². The number of nitrogens with zero attached hydrogens (tertiary/aromatic N) is 4. The van der Waals surface area contributed by atoms with Crippen molar-refractivity contribution in [1.29, 1.82) is 0 Å². The topological polar surface area (TPSA) is 94.5 Å². The van der Waals surface area contributed by atoms with Crippen LogP contribution in [0.2, 0.25) is 10.0 Å². The Balaban J connectivity index is 1.60. The lowest BCUT2D eigenvalue weighted by Crippen LogP contribution is -2.35. The van der Waals surface area contributed by atoms with Gasteiger partial charge in [0.1, 0.15) is 0 Å². The molecule has 0 bridgehead atoms. The molecule has 180 valence electrons. The van der Waals surface area contributed by atoms with E-state index in [0.717, 1.165) is 25.8 Å². The van der Waals surface area contributed by atoms with Crippen molar-refractivity contribution in [2.75, 3.05) is 24.2 Å². The van der Waals surface area contributed by atoms with E-state index in [1.807, 2.05) is 0 Å². The molecule has 0 saturated carbocycles. The molecule has 1 aliphatic heterocycles. The molecular weight excluding hydrogens is 499 g/mol. The molecule has 1 aromatic carbocycles. The predicted octanol–water partition coefficient (Wildman–Crippen LogP) is 5.35. The molecule has 1 atom stereocenters. The maximum Gasteiger partial charge on any atom is 0.264 e. The number of pyridine rings is 1. The molecular formula is C23H24Cl2N4O4S. The first-order valence-corrected chi connectivity index (χ1v) is 13.3. The Morgan fingerprint density at radius 3 is 2.44 bits per heavy atom. The highest BCUT2D eigenvalue weighted by Gasteiger charge is 2.19. The second-order valence-electron chi connectivity index (χ2n) is 8.34. The normalized spacial score (nSPS) is 16.5. The summed E-state index contributed by atoms with van der Waals surface area (Å²) in [5, 5.41) is 0.890. The van der Waals surface area contributed by atoms with Gasteiger partial charge in [-0.2, -0.15) is 8.42 Å². The molecule has 0 N–H and O–H groups in total. The molecule has 3 heterocycles. The number of benzene rings is 1. The van der Waals surface area contributed by atoms with Gasteiger partial charge in [-0.1, -0.05) is 30.1 Å². The molecule has 0 spiro atoms. The van der Waals surface area contributed by atoms with E-state index < -0.39 is 10.1 Å². The molecule has 8 nitrogen and oxygen atoms in total. The number of ether oxygens (including phenoxy) is 1. The van der Waals surface area contributed by atoms with E-state index >= 15 is 0 Å². The molecule has 1 fully saturated rings. The molecule has 11 heteroatoms. The summed E-state index contributed by atoms with van der Waals surface area (Å²) < 4.78 is 33.8. The van der Waals surface area contributed by atoms with Gasteiger partial charge in [-0.15, -0.1) is 0 Å². The van der Waals surface area contributed by atoms with Crippen LogP contribution in [0.3, 0.4) is 0 Å². The maximum atomic E-state index is 11.5. The van der Waals surface area contributed by atoms with Crippen molar-refractivity contribution in [2.24, 2.45) is 5.92 Å². The van der Waals surface area contributed by atoms with E-state index in [4.69, 9.17) is 32.1 Å². The summed E-state index contributed by atoms with van der Waals surface area (Å²) in [7, 11) is -3.63. The van der Waals surface area contributed by atoms with E-state index in [2.05, 4.69) is 26.8 Å². The summed E-state index contributed by atoms with van der Waals surface area (Å²) in [6, 6.07) is 8.32. The Labute approximate surface area is 209 Å². The Morgan fingerprint density at radius 2 is 1.79 bits per heavy atom. The highest BCUT2D eigenvalue weighted by molar-refractivity contribution is 7.85. The minimum Gasteiger partial charge on any atom is -0.436 e. The molecule has 34 heavy (non-hydrogen) atoms. The van der Waals surface area contributed by atoms with Crippen LogP contribution in [-0.4, -0.2) is 42.7 Å². The minimum atomic E-state index is -3.63. The third-order valence-corrected chi connectivity index (χ3v) is 6.22. The minimum absolute atomic E-state index is 0.179. The van der Waals surface area contributed by atoms with Gasteiger partial charge < -0.3 is 9.64 Å². The molecule has 1 aliphatic rings. The van der Waals surface area contributed by atoms with Crippen LogP contribution >= 0.6 is 23.2 Å². The quantitative estimate of drug-likeness (QED) is 0.383. The van der Waals surface area contributed by atoms with Crippen LogP contribution in [0.5, 0.6) is 11.6 Å². The second-order valence-corrected chi connectivity index (χ2v) is 10.9. The van der Waals surface area contributed by atoms with E-state index in [9.17, 15) is 8.42 Å². The Hall–Kier alpha value is -2.46. The number of anilines is 1. The predicted molar refractivity (Wildman–Crippen MR) is 132 cm³/mol. The van der Waals surface area contributed by atoms with Gasteiger partial charge in [0.25, 0.3) is 10.1 Å². The average Bonchev–Trinajstić information content (AvgIpc) is 2.77. The zero-order valence-electron chi connectivity index (χ0n) is 18.7. The van der Waals surface area contributed by atoms with Crippen molar-refractivity contribution >= 4 is 39.3 Å². The van der Waals surface area contributed by atoms with Gasteiger partial charge in [-0.3, -0.25) is 4.18 Å². The zero-order chi connectivity index (χ0) is 24.3. The maximum absolute atomic E-state index is 11.5. The van der Waals surface area contributed by atoms with Gasteiger partial charge in [0.15, 0.2) is 5.75 Å². The molecule has 0 unspecified atom stereocenters. The summed E-state index contributed by atoms with van der Waals surface area (Å²) in [5.41, 5.74) is 1.68. The summed E-state index contributed by atoms with van der Waals surface area (Å²) in [5.74, 6) is 1.89. The number of hydrogen-bond acceptors (Lipinski definition) is 8. The van der Waals surface area contributed by atoms with Crippen LogP contribution in [0.1, 0.15) is 25.3 Å². The number of hydrogen-bond donors (Lipinski definition) is 0. The first-order valence-electron chi connectivity index (χ1n) is 10.7. The second kappa shape index (κ2) is 10.4. The highest BCUT2D eigenvalue weighted by atomic mass is 35.5. The van der Waals surface area contributed by atoms with Gasteiger partial charge in [-0.05, 0) is 48.6 Å². The molecule has 4 rings (SSSR count). The van der Waals surface area contributed by atoms with Crippen molar-refractivity contribution in [3.8, 4) is 22.9 Å². The SMILES string of the molecule is C[C@@H]1CCCN(c2ncc(Oc3cc(COS(C)(=O)=O)cc(-c4cc(Cl)cc(Cl)c4)n3)cn2)C1. The lowest BCUT2D eigenvalue weighted by atomic mass is 10.0. The third kappa shape index (κ3) is 6.79. The fourth-order valence-electron chi connectivity index (χ4n) is 3.74. The van der Waals surface area contributed by atoms with Crippen LogP contribution in [0.15, 0.2) is 42.7 Å². The van der Waals surface area contributed by atoms with E-state index in [0.29, 0.717) is 44.5 Å². The fraction of sp³-hybridized carbons (Fsp3) is 0.348. The molecule has 3 aromatic rings. The summed E-state index contributed by atoms with van der Waals surface area (Å²) in [6.07, 6.45) is 6.51. The number of halogens is 2. The fourth-order valence-corrected chi connectivity index (χ4v) is 4.61. The first-order chi connectivity index (χ1) is 16.1. The number of aromatic nitrogens is 3. The largest absolute Gasteiger partial charge is 0.436 e. The van der Waals surface area contributed by atoms with Gasteiger partial charge >= 0.3 is 0 Å². The van der Waals surface area contributed by atoms with Crippen molar-refractivity contribution in [1.82, 2.24) is 15.0 Å². The van der Waals surface area contributed by atoms with Gasteiger partial charge in [0, 0.05) is 34.8 Å². The van der Waals surface area contributed by atoms with E-state index in [1.54, 1.807) is 42.7 Å². The monoisotopic (exact) mass is 522 g/mol. The summed E-state index contributed by atoms with van der Waals surface area (Å²) in [4.78, 5) is 15.6. The van der Waals surface area contributed by atoms with Gasteiger partial charge in [0.05, 0.1) is 31.0 Å². The standard InChI is InChI=1S/C23H24Cl2N4O4S/c1-15-4-3-5-29(13-15)23-26-11-20(12-27-23)33-22-7-16(14-32-34(2,30)31)6-21(28-22)17-8-18(24)10-19(25)9-17/h6-12,15H,3-5,13-14H2,1-2H3/t15-/m1/s1. The summed E-state index contributed by atoms with van der Waals surface area (Å²) >= 11 is 12.3. The lowest BCUT2D eigenvalue weighted by Gasteiger charge is -2.30. The number of piperidine rings is 1. The lowest BCUT2D eigenvalue weighted by molar-refractivity contribution is 0.311. The third-order valence-electron chi connectivity index (χ3n) is 5.24. The summed E-state index contributed by atoms with van der Waals surface area (Å²) in [6.45, 7) is 3.90. The Kier molecular flexibility index (Phi) is 7.57. The van der Waals surface area contributed by atoms with Crippen LogP contribution < -0.4 is 9.64 Å². The van der Waals surface area contributed by atoms with Crippen molar-refractivity contribution in [2.45, 2.75) is 26.4 Å². The molecule has 0 radical (unpaired) electrons. The van der Waals surface area contributed by atoms with Crippen molar-refractivity contribution in [3.63, 3.8) is 0 Å². The van der Waals surface area contributed by atoms with Crippen molar-refractivity contribution in [3.05, 3.63) is 58.3 Å². The molecule has 1 saturated heterocycles. The Morgan fingerprint density at radius 1 is 1.09 bits per heavy atom. The molecule has 0 amide bonds. The first kappa shape index (κ1) is 24.7. The Bertz CT molecular complexity index is 1250. The van der Waals surface area contributed by atoms with Gasteiger partial charge in [0.2, 0.25) is 11.8 Å². The van der Waals surface area contributed by atoms with Crippen LogP contribution in [0.4, 0.5) is 5.95 Å². The smallest absolute Gasteiger partial charge is 0.264 e. The van der Waals surface area contributed by atoms with E-state index in [-0.39, 0.29) is 12.5 Å². The average molecular weight is 523 g/mol. The highest BCUT2D eigenvalue weighted by Crippen LogP contribution is 2.30.